The molecule has 0 aliphatic carbocycles. The van der Waals surface area contributed by atoms with E-state index in [1.807, 2.05) is 42.5 Å². The van der Waals surface area contributed by atoms with Gasteiger partial charge in [0.2, 0.25) is 5.91 Å². The average Bonchev–Trinajstić information content (AvgIpc) is 2.66. The molecule has 5 heteroatoms. The Hall–Kier alpha value is -2.40. The molecule has 1 heterocycles. The first-order chi connectivity index (χ1) is 12.6. The summed E-state index contributed by atoms with van der Waals surface area (Å²) in [5, 5.41) is 5.00. The van der Waals surface area contributed by atoms with E-state index in [0.717, 1.165) is 27.9 Å². The molecule has 0 spiro atoms. The molecule has 1 aromatic heterocycles. The summed E-state index contributed by atoms with van der Waals surface area (Å²) < 4.78 is 0. The summed E-state index contributed by atoms with van der Waals surface area (Å²) in [6.45, 7) is 4.34. The number of aromatic nitrogens is 2. The molecule has 0 saturated heterocycles. The van der Waals surface area contributed by atoms with E-state index in [2.05, 4.69) is 41.3 Å². The van der Waals surface area contributed by atoms with E-state index in [-0.39, 0.29) is 11.9 Å². The number of para-hydroxylation sites is 1. The van der Waals surface area contributed by atoms with Crippen LogP contribution in [0.2, 0.25) is 0 Å². The minimum absolute atomic E-state index is 0.0206. The van der Waals surface area contributed by atoms with Crippen molar-refractivity contribution in [1.29, 1.82) is 0 Å². The number of nitrogens with one attached hydrogen (secondary N) is 1. The highest BCUT2D eigenvalue weighted by Gasteiger charge is 2.16. The Balaban J connectivity index is 1.66. The first-order valence-corrected chi connectivity index (χ1v) is 9.79. The average molecular weight is 366 g/mol. The quantitative estimate of drug-likeness (QED) is 0.490. The van der Waals surface area contributed by atoms with E-state index < -0.39 is 0 Å². The van der Waals surface area contributed by atoms with Crippen molar-refractivity contribution in [3.8, 4) is 0 Å². The molecule has 0 bridgehead atoms. The van der Waals surface area contributed by atoms with Gasteiger partial charge in [0.25, 0.3) is 0 Å². The predicted octanol–water partition coefficient (Wildman–Crippen LogP) is 4.63. The van der Waals surface area contributed by atoms with Gasteiger partial charge in [-0.3, -0.25) is 4.79 Å². The maximum Gasteiger partial charge on any atom is 0.230 e. The molecule has 1 N–H and O–H groups in total. The van der Waals surface area contributed by atoms with Gasteiger partial charge in [-0.25, -0.2) is 9.97 Å². The number of fused-ring (bicyclic) bond motifs is 1. The molecule has 0 saturated carbocycles. The number of benzene rings is 2. The van der Waals surface area contributed by atoms with Gasteiger partial charge in [-0.05, 0) is 24.0 Å². The largest absolute Gasteiger partial charge is 0.349 e. The molecule has 1 unspecified atom stereocenters. The van der Waals surface area contributed by atoms with E-state index >= 15 is 0 Å². The van der Waals surface area contributed by atoms with Crippen molar-refractivity contribution >= 4 is 28.6 Å². The maximum absolute atomic E-state index is 12.5. The highest BCUT2D eigenvalue weighted by Crippen LogP contribution is 2.25. The molecular formula is C21H23N3OS. The summed E-state index contributed by atoms with van der Waals surface area (Å²) in [6, 6.07) is 18.0. The van der Waals surface area contributed by atoms with Crippen LogP contribution in [0.5, 0.6) is 0 Å². The van der Waals surface area contributed by atoms with Crippen LogP contribution in [0.3, 0.4) is 0 Å². The van der Waals surface area contributed by atoms with E-state index in [4.69, 9.17) is 0 Å². The normalized spacial score (nSPS) is 12.3. The minimum Gasteiger partial charge on any atom is -0.349 e. The summed E-state index contributed by atoms with van der Waals surface area (Å²) in [4.78, 5) is 21.1. The fourth-order valence-corrected chi connectivity index (χ4v) is 3.70. The van der Waals surface area contributed by atoms with Gasteiger partial charge in [0, 0.05) is 5.39 Å². The van der Waals surface area contributed by atoms with Gasteiger partial charge >= 0.3 is 0 Å². The Morgan fingerprint density at radius 3 is 2.54 bits per heavy atom. The van der Waals surface area contributed by atoms with Crippen molar-refractivity contribution < 1.29 is 4.79 Å². The Morgan fingerprint density at radius 2 is 1.77 bits per heavy atom. The van der Waals surface area contributed by atoms with Crippen LogP contribution in [0.1, 0.15) is 31.9 Å². The standard InChI is InChI=1S/C21H23N3OS/c1-15(2)12-19(16-8-4-3-5-9-16)24-20(25)13-26-21-17-10-6-7-11-18(17)22-14-23-21/h3-11,14-15,19H,12-13H2,1-2H3,(H,24,25). The van der Waals surface area contributed by atoms with Crippen molar-refractivity contribution in [2.75, 3.05) is 5.75 Å². The van der Waals surface area contributed by atoms with Crippen LogP contribution in [0, 0.1) is 5.92 Å². The van der Waals surface area contributed by atoms with Crippen LogP contribution < -0.4 is 5.32 Å². The fraction of sp³-hybridized carbons (Fsp3) is 0.286. The molecule has 0 aliphatic heterocycles. The molecule has 0 radical (unpaired) electrons. The summed E-state index contributed by atoms with van der Waals surface area (Å²) >= 11 is 1.45. The Morgan fingerprint density at radius 1 is 1.04 bits per heavy atom. The lowest BCUT2D eigenvalue weighted by Gasteiger charge is -2.21. The lowest BCUT2D eigenvalue weighted by atomic mass is 9.97. The highest BCUT2D eigenvalue weighted by molar-refractivity contribution is 8.00. The third kappa shape index (κ3) is 4.82. The van der Waals surface area contributed by atoms with Crippen molar-refractivity contribution in [2.45, 2.75) is 31.3 Å². The molecule has 1 atom stereocenters. The second-order valence-corrected chi connectivity index (χ2v) is 7.61. The minimum atomic E-state index is 0.0206. The van der Waals surface area contributed by atoms with Crippen LogP contribution in [-0.4, -0.2) is 21.6 Å². The number of carbonyl (C=O) groups excluding carboxylic acids is 1. The fourth-order valence-electron chi connectivity index (χ4n) is 2.90. The van der Waals surface area contributed by atoms with E-state index in [0.29, 0.717) is 11.7 Å². The smallest absolute Gasteiger partial charge is 0.230 e. The molecule has 134 valence electrons. The summed E-state index contributed by atoms with van der Waals surface area (Å²) in [5.74, 6) is 0.855. The number of amides is 1. The van der Waals surface area contributed by atoms with Crippen molar-refractivity contribution in [1.82, 2.24) is 15.3 Å². The molecule has 3 aromatic rings. The molecule has 2 aromatic carbocycles. The first-order valence-electron chi connectivity index (χ1n) is 8.80. The van der Waals surface area contributed by atoms with E-state index in [9.17, 15) is 4.79 Å². The molecule has 0 fully saturated rings. The van der Waals surface area contributed by atoms with Gasteiger partial charge in [0.1, 0.15) is 11.4 Å². The Labute approximate surface area is 158 Å². The van der Waals surface area contributed by atoms with Gasteiger partial charge in [0.15, 0.2) is 0 Å². The lowest BCUT2D eigenvalue weighted by Crippen LogP contribution is -2.30. The number of carbonyl (C=O) groups is 1. The Kier molecular flexibility index (Phi) is 6.23. The van der Waals surface area contributed by atoms with Crippen LogP contribution in [0.4, 0.5) is 0 Å². The highest BCUT2D eigenvalue weighted by atomic mass is 32.2. The van der Waals surface area contributed by atoms with Gasteiger partial charge in [-0.1, -0.05) is 74.1 Å². The molecule has 26 heavy (non-hydrogen) atoms. The Bertz CT molecular complexity index is 862. The molecule has 1 amide bonds. The monoisotopic (exact) mass is 365 g/mol. The van der Waals surface area contributed by atoms with Gasteiger partial charge in [-0.2, -0.15) is 0 Å². The first kappa shape index (κ1) is 18.4. The van der Waals surface area contributed by atoms with Gasteiger partial charge < -0.3 is 5.32 Å². The second kappa shape index (κ2) is 8.81. The van der Waals surface area contributed by atoms with Crippen molar-refractivity contribution in [2.24, 2.45) is 5.92 Å². The number of nitrogens with zero attached hydrogens (tertiary/aromatic N) is 2. The summed E-state index contributed by atoms with van der Waals surface area (Å²) in [6.07, 6.45) is 2.46. The van der Waals surface area contributed by atoms with Crippen LogP contribution in [0.15, 0.2) is 66.0 Å². The third-order valence-corrected chi connectivity index (χ3v) is 5.10. The molecule has 0 aliphatic rings. The second-order valence-electron chi connectivity index (χ2n) is 6.64. The van der Waals surface area contributed by atoms with Gasteiger partial charge in [0.05, 0.1) is 17.3 Å². The van der Waals surface area contributed by atoms with Crippen LogP contribution in [0.25, 0.3) is 10.9 Å². The lowest BCUT2D eigenvalue weighted by molar-refractivity contribution is -0.119. The summed E-state index contributed by atoms with van der Waals surface area (Å²) in [5.41, 5.74) is 2.04. The number of rotatable bonds is 7. The zero-order valence-corrected chi connectivity index (χ0v) is 15.9. The van der Waals surface area contributed by atoms with Crippen molar-refractivity contribution in [3.63, 3.8) is 0 Å². The topological polar surface area (TPSA) is 54.9 Å². The maximum atomic E-state index is 12.5. The number of thioether (sulfide) groups is 1. The molecular weight excluding hydrogens is 342 g/mol. The molecule has 4 nitrogen and oxygen atoms in total. The van der Waals surface area contributed by atoms with Crippen LogP contribution in [-0.2, 0) is 4.79 Å². The molecule has 3 rings (SSSR count). The van der Waals surface area contributed by atoms with E-state index in [1.54, 1.807) is 6.33 Å². The third-order valence-electron chi connectivity index (χ3n) is 4.09. The number of hydrogen-bond acceptors (Lipinski definition) is 4. The van der Waals surface area contributed by atoms with Crippen molar-refractivity contribution in [3.05, 3.63) is 66.5 Å². The zero-order chi connectivity index (χ0) is 18.4. The zero-order valence-electron chi connectivity index (χ0n) is 15.1. The number of hydrogen-bond donors (Lipinski definition) is 1. The van der Waals surface area contributed by atoms with E-state index in [1.165, 1.54) is 11.8 Å². The van der Waals surface area contributed by atoms with Gasteiger partial charge in [-0.15, -0.1) is 0 Å². The SMILES string of the molecule is CC(C)CC(NC(=O)CSc1ncnc2ccccc12)c1ccccc1. The van der Waals surface area contributed by atoms with Crippen LogP contribution >= 0.6 is 11.8 Å². The predicted molar refractivity (Wildman–Crippen MR) is 107 cm³/mol. The summed E-state index contributed by atoms with van der Waals surface area (Å²) in [7, 11) is 0.